The molecule has 2 aromatic rings. The van der Waals surface area contributed by atoms with Gasteiger partial charge in [-0.3, -0.25) is 0 Å². The standard InChI is InChI=1S/C12H10N2O2/c13-11-10(12(15)16)9(6-7-14-11)8-4-2-1-3-5-8/h1-7H,(H2,13,14)(H,15,16). The monoisotopic (exact) mass is 214 g/mol. The third-order valence-electron chi connectivity index (χ3n) is 2.28. The van der Waals surface area contributed by atoms with E-state index in [4.69, 9.17) is 10.8 Å². The molecule has 4 heteroatoms. The molecule has 0 aliphatic heterocycles. The van der Waals surface area contributed by atoms with Crippen LogP contribution in [0.4, 0.5) is 5.82 Å². The number of aromatic carboxylic acids is 1. The van der Waals surface area contributed by atoms with Gasteiger partial charge in [-0.2, -0.15) is 0 Å². The highest BCUT2D eigenvalue weighted by Gasteiger charge is 2.15. The van der Waals surface area contributed by atoms with E-state index in [1.165, 1.54) is 6.20 Å². The van der Waals surface area contributed by atoms with Crippen LogP contribution in [0.5, 0.6) is 0 Å². The molecule has 0 atom stereocenters. The molecular formula is C12H10N2O2. The molecule has 16 heavy (non-hydrogen) atoms. The molecule has 4 nitrogen and oxygen atoms in total. The van der Waals surface area contributed by atoms with Crippen molar-refractivity contribution < 1.29 is 9.90 Å². The number of nitrogens with two attached hydrogens (primary N) is 1. The van der Waals surface area contributed by atoms with Crippen molar-refractivity contribution in [3.8, 4) is 11.1 Å². The number of hydrogen-bond acceptors (Lipinski definition) is 3. The van der Waals surface area contributed by atoms with Crippen molar-refractivity contribution in [2.24, 2.45) is 0 Å². The minimum atomic E-state index is -1.07. The summed E-state index contributed by atoms with van der Waals surface area (Å²) in [6, 6.07) is 10.9. The molecule has 0 amide bonds. The summed E-state index contributed by atoms with van der Waals surface area (Å²) in [5, 5.41) is 9.09. The minimum absolute atomic E-state index is 0.0360. The number of pyridine rings is 1. The van der Waals surface area contributed by atoms with Crippen LogP contribution in [0.15, 0.2) is 42.6 Å². The number of anilines is 1. The van der Waals surface area contributed by atoms with Gasteiger partial charge in [-0.1, -0.05) is 30.3 Å². The highest BCUT2D eigenvalue weighted by molar-refractivity contribution is 6.00. The van der Waals surface area contributed by atoms with E-state index in [9.17, 15) is 4.79 Å². The Labute approximate surface area is 92.4 Å². The van der Waals surface area contributed by atoms with Gasteiger partial charge < -0.3 is 10.8 Å². The number of carbonyl (C=O) groups is 1. The van der Waals surface area contributed by atoms with Gasteiger partial charge in [0.15, 0.2) is 0 Å². The maximum absolute atomic E-state index is 11.1. The van der Waals surface area contributed by atoms with Crippen LogP contribution in [0, 0.1) is 0 Å². The normalized spacial score (nSPS) is 10.0. The fourth-order valence-electron chi connectivity index (χ4n) is 1.56. The van der Waals surface area contributed by atoms with Gasteiger partial charge in [-0.25, -0.2) is 9.78 Å². The molecule has 0 fully saturated rings. The molecule has 0 saturated carbocycles. The first-order valence-electron chi connectivity index (χ1n) is 4.73. The van der Waals surface area contributed by atoms with E-state index in [0.717, 1.165) is 5.56 Å². The Balaban J connectivity index is 2.66. The van der Waals surface area contributed by atoms with Crippen LogP contribution in [0.1, 0.15) is 10.4 Å². The zero-order chi connectivity index (χ0) is 11.5. The van der Waals surface area contributed by atoms with Crippen LogP contribution in [0.3, 0.4) is 0 Å². The number of benzene rings is 1. The van der Waals surface area contributed by atoms with Gasteiger partial charge in [0, 0.05) is 11.8 Å². The number of rotatable bonds is 2. The Morgan fingerprint density at radius 3 is 2.50 bits per heavy atom. The van der Waals surface area contributed by atoms with E-state index in [2.05, 4.69) is 4.98 Å². The predicted molar refractivity (Wildman–Crippen MR) is 61.0 cm³/mol. The number of carboxylic acids is 1. The summed E-state index contributed by atoms with van der Waals surface area (Å²) in [5.74, 6) is -1.03. The second-order valence-electron chi connectivity index (χ2n) is 3.29. The van der Waals surface area contributed by atoms with Crippen molar-refractivity contribution >= 4 is 11.8 Å². The van der Waals surface area contributed by atoms with Crippen molar-refractivity contribution in [2.75, 3.05) is 5.73 Å². The quantitative estimate of drug-likeness (QED) is 0.801. The first-order chi connectivity index (χ1) is 7.70. The number of hydrogen-bond donors (Lipinski definition) is 2. The molecule has 0 unspecified atom stereocenters. The van der Waals surface area contributed by atoms with E-state index in [-0.39, 0.29) is 11.4 Å². The molecule has 1 aromatic heterocycles. The van der Waals surface area contributed by atoms with Crippen molar-refractivity contribution in [3.63, 3.8) is 0 Å². The Kier molecular flexibility index (Phi) is 2.55. The van der Waals surface area contributed by atoms with Crippen molar-refractivity contribution in [1.82, 2.24) is 4.98 Å². The SMILES string of the molecule is Nc1nccc(-c2ccccc2)c1C(=O)O. The molecule has 1 aromatic carbocycles. The van der Waals surface area contributed by atoms with E-state index in [1.807, 2.05) is 30.3 Å². The van der Waals surface area contributed by atoms with Gasteiger partial charge >= 0.3 is 5.97 Å². The lowest BCUT2D eigenvalue weighted by Crippen LogP contribution is -2.06. The first kappa shape index (κ1) is 10.2. The number of carboxylic acid groups (broad SMARTS) is 1. The summed E-state index contributed by atoms with van der Waals surface area (Å²) in [5.41, 5.74) is 7.02. The van der Waals surface area contributed by atoms with Crippen LogP contribution >= 0.6 is 0 Å². The average molecular weight is 214 g/mol. The van der Waals surface area contributed by atoms with E-state index in [0.29, 0.717) is 5.56 Å². The van der Waals surface area contributed by atoms with Crippen LogP contribution in [-0.4, -0.2) is 16.1 Å². The van der Waals surface area contributed by atoms with E-state index < -0.39 is 5.97 Å². The molecule has 2 rings (SSSR count). The molecule has 0 aliphatic carbocycles. The molecular weight excluding hydrogens is 204 g/mol. The lowest BCUT2D eigenvalue weighted by atomic mass is 10.0. The van der Waals surface area contributed by atoms with Gasteiger partial charge in [0.25, 0.3) is 0 Å². The summed E-state index contributed by atoms with van der Waals surface area (Å²) in [4.78, 5) is 14.9. The summed E-state index contributed by atoms with van der Waals surface area (Å²) in [7, 11) is 0. The summed E-state index contributed by atoms with van der Waals surface area (Å²) in [6.45, 7) is 0. The molecule has 80 valence electrons. The van der Waals surface area contributed by atoms with Crippen molar-refractivity contribution in [1.29, 1.82) is 0 Å². The lowest BCUT2D eigenvalue weighted by Gasteiger charge is -2.07. The summed E-state index contributed by atoms with van der Waals surface area (Å²) >= 11 is 0. The van der Waals surface area contributed by atoms with E-state index in [1.54, 1.807) is 6.07 Å². The fraction of sp³-hybridized carbons (Fsp3) is 0. The second kappa shape index (κ2) is 4.02. The van der Waals surface area contributed by atoms with Gasteiger partial charge in [-0.15, -0.1) is 0 Å². The van der Waals surface area contributed by atoms with Crippen LogP contribution in [-0.2, 0) is 0 Å². The van der Waals surface area contributed by atoms with Gasteiger partial charge in [0.05, 0.1) is 0 Å². The number of nitrogens with zero attached hydrogens (tertiary/aromatic N) is 1. The largest absolute Gasteiger partial charge is 0.478 e. The maximum atomic E-state index is 11.1. The molecule has 0 bridgehead atoms. The van der Waals surface area contributed by atoms with Gasteiger partial charge in [0.1, 0.15) is 11.4 Å². The Morgan fingerprint density at radius 1 is 1.19 bits per heavy atom. The van der Waals surface area contributed by atoms with Crippen molar-refractivity contribution in [2.45, 2.75) is 0 Å². The highest BCUT2D eigenvalue weighted by atomic mass is 16.4. The molecule has 3 N–H and O–H groups in total. The first-order valence-corrected chi connectivity index (χ1v) is 4.73. The van der Waals surface area contributed by atoms with Crippen molar-refractivity contribution in [3.05, 3.63) is 48.2 Å². The summed E-state index contributed by atoms with van der Waals surface area (Å²) < 4.78 is 0. The minimum Gasteiger partial charge on any atom is -0.478 e. The third-order valence-corrected chi connectivity index (χ3v) is 2.28. The average Bonchev–Trinajstić information content (AvgIpc) is 2.29. The Morgan fingerprint density at radius 2 is 1.88 bits per heavy atom. The zero-order valence-corrected chi connectivity index (χ0v) is 8.42. The third kappa shape index (κ3) is 1.72. The predicted octanol–water partition coefficient (Wildman–Crippen LogP) is 2.03. The number of aromatic nitrogens is 1. The Hall–Kier alpha value is -2.36. The van der Waals surface area contributed by atoms with Crippen LogP contribution in [0.2, 0.25) is 0 Å². The smallest absolute Gasteiger partial charge is 0.340 e. The number of nitrogen functional groups attached to an aromatic ring is 1. The van der Waals surface area contributed by atoms with Crippen LogP contribution < -0.4 is 5.73 Å². The van der Waals surface area contributed by atoms with Gasteiger partial charge in [-0.05, 0) is 11.6 Å². The topological polar surface area (TPSA) is 76.2 Å². The van der Waals surface area contributed by atoms with Crippen LogP contribution in [0.25, 0.3) is 11.1 Å². The molecule has 0 radical (unpaired) electrons. The fourth-order valence-corrected chi connectivity index (χ4v) is 1.56. The maximum Gasteiger partial charge on any atom is 0.340 e. The molecule has 0 spiro atoms. The molecule has 0 saturated heterocycles. The lowest BCUT2D eigenvalue weighted by molar-refractivity contribution is 0.0698. The summed E-state index contributed by atoms with van der Waals surface area (Å²) in [6.07, 6.45) is 1.50. The second-order valence-corrected chi connectivity index (χ2v) is 3.29. The van der Waals surface area contributed by atoms with Gasteiger partial charge in [0.2, 0.25) is 0 Å². The highest BCUT2D eigenvalue weighted by Crippen LogP contribution is 2.25. The molecule has 1 heterocycles. The van der Waals surface area contributed by atoms with E-state index >= 15 is 0 Å². The molecule has 0 aliphatic rings. The zero-order valence-electron chi connectivity index (χ0n) is 8.42. The Bertz CT molecular complexity index is 524.